The quantitative estimate of drug-likeness (QED) is 0.852. The Hall–Kier alpha value is -1.88. The molecule has 1 fully saturated rings. The molecule has 0 aromatic heterocycles. The minimum absolute atomic E-state index is 0.0145. The summed E-state index contributed by atoms with van der Waals surface area (Å²) in [5.74, 6) is -0.288. The molecule has 2 atom stereocenters. The van der Waals surface area contributed by atoms with Crippen LogP contribution in [0.1, 0.15) is 18.9 Å². The van der Waals surface area contributed by atoms with Crippen LogP contribution in [-0.4, -0.2) is 38.0 Å². The summed E-state index contributed by atoms with van der Waals surface area (Å²) >= 11 is 0. The zero-order valence-electron chi connectivity index (χ0n) is 12.8. The number of anilines is 1. The molecule has 0 saturated carbocycles. The van der Waals surface area contributed by atoms with Crippen LogP contribution in [-0.2, 0) is 9.59 Å². The van der Waals surface area contributed by atoms with Gasteiger partial charge in [0.1, 0.15) is 0 Å². The van der Waals surface area contributed by atoms with Gasteiger partial charge in [-0.05, 0) is 33.0 Å². The number of hydrogen-bond acceptors (Lipinski definition) is 3. The molecule has 1 aromatic carbocycles. The Morgan fingerprint density at radius 3 is 2.67 bits per heavy atom. The molecule has 0 spiro atoms. The number of hydrogen-bond donors (Lipinski definition) is 2. The molecule has 2 unspecified atom stereocenters. The highest BCUT2D eigenvalue weighted by Gasteiger charge is 2.34. The first-order valence-electron chi connectivity index (χ1n) is 7.33. The van der Waals surface area contributed by atoms with Gasteiger partial charge in [-0.15, -0.1) is 0 Å². The van der Waals surface area contributed by atoms with E-state index in [-0.39, 0.29) is 30.2 Å². The highest BCUT2D eigenvalue weighted by Crippen LogP contribution is 2.25. The van der Waals surface area contributed by atoms with Gasteiger partial charge in [0.05, 0.1) is 5.92 Å². The maximum atomic E-state index is 12.1. The molecule has 114 valence electrons. The summed E-state index contributed by atoms with van der Waals surface area (Å²) in [4.78, 5) is 25.9. The van der Waals surface area contributed by atoms with E-state index in [1.807, 2.05) is 45.2 Å². The topological polar surface area (TPSA) is 61.4 Å². The van der Waals surface area contributed by atoms with E-state index >= 15 is 0 Å². The molecule has 2 rings (SSSR count). The largest absolute Gasteiger partial charge is 0.354 e. The van der Waals surface area contributed by atoms with Crippen molar-refractivity contribution in [2.45, 2.75) is 26.3 Å². The van der Waals surface area contributed by atoms with E-state index in [9.17, 15) is 9.59 Å². The Bertz CT molecular complexity index is 513. The number of benzene rings is 1. The van der Waals surface area contributed by atoms with Crippen LogP contribution < -0.4 is 15.5 Å². The Labute approximate surface area is 125 Å². The van der Waals surface area contributed by atoms with Crippen molar-refractivity contribution < 1.29 is 9.59 Å². The number of carbonyl (C=O) groups excluding carboxylic acids is 2. The predicted octanol–water partition coefficient (Wildman–Crippen LogP) is 1.07. The van der Waals surface area contributed by atoms with Crippen LogP contribution in [0.4, 0.5) is 5.69 Å². The smallest absolute Gasteiger partial charge is 0.227 e. The molecule has 5 heteroatoms. The Morgan fingerprint density at radius 1 is 1.38 bits per heavy atom. The molecular weight excluding hydrogens is 266 g/mol. The number of nitrogens with one attached hydrogen (secondary N) is 2. The molecule has 0 radical (unpaired) electrons. The average Bonchev–Trinajstić information content (AvgIpc) is 2.87. The average molecular weight is 289 g/mol. The van der Waals surface area contributed by atoms with Crippen molar-refractivity contribution in [2.75, 3.05) is 25.0 Å². The van der Waals surface area contributed by atoms with Gasteiger partial charge >= 0.3 is 0 Å². The van der Waals surface area contributed by atoms with E-state index in [1.54, 1.807) is 4.90 Å². The van der Waals surface area contributed by atoms with Crippen LogP contribution in [0.25, 0.3) is 0 Å². The van der Waals surface area contributed by atoms with E-state index in [0.717, 1.165) is 11.3 Å². The lowest BCUT2D eigenvalue weighted by molar-refractivity contribution is -0.126. The van der Waals surface area contributed by atoms with E-state index in [2.05, 4.69) is 10.6 Å². The van der Waals surface area contributed by atoms with Crippen molar-refractivity contribution in [1.29, 1.82) is 0 Å². The Kier molecular flexibility index (Phi) is 4.96. The second-order valence-electron chi connectivity index (χ2n) is 5.68. The van der Waals surface area contributed by atoms with Crippen LogP contribution >= 0.6 is 0 Å². The van der Waals surface area contributed by atoms with Gasteiger partial charge < -0.3 is 15.5 Å². The van der Waals surface area contributed by atoms with Gasteiger partial charge in [0.15, 0.2) is 0 Å². The van der Waals surface area contributed by atoms with E-state index in [0.29, 0.717) is 13.1 Å². The summed E-state index contributed by atoms with van der Waals surface area (Å²) in [5, 5.41) is 5.96. The fourth-order valence-corrected chi connectivity index (χ4v) is 2.36. The first-order valence-corrected chi connectivity index (χ1v) is 7.33. The number of aryl methyl sites for hydroxylation is 1. The van der Waals surface area contributed by atoms with Crippen LogP contribution in [0.15, 0.2) is 24.3 Å². The summed E-state index contributed by atoms with van der Waals surface area (Å²) in [6.45, 7) is 5.04. The van der Waals surface area contributed by atoms with Crippen molar-refractivity contribution in [2.24, 2.45) is 5.92 Å². The highest BCUT2D eigenvalue weighted by molar-refractivity contribution is 6.00. The summed E-state index contributed by atoms with van der Waals surface area (Å²) < 4.78 is 0. The SMILES string of the molecule is CNC(C)CNC(=O)C1CC(=O)N(c2ccc(C)cc2)C1. The molecule has 2 amide bonds. The second-order valence-corrected chi connectivity index (χ2v) is 5.68. The molecular formula is C16H23N3O2. The first kappa shape index (κ1) is 15.5. The molecule has 5 nitrogen and oxygen atoms in total. The fourth-order valence-electron chi connectivity index (χ4n) is 2.36. The summed E-state index contributed by atoms with van der Waals surface area (Å²) in [6, 6.07) is 8.03. The first-order chi connectivity index (χ1) is 10.0. The van der Waals surface area contributed by atoms with Crippen molar-refractivity contribution >= 4 is 17.5 Å². The molecule has 0 aliphatic carbocycles. The van der Waals surface area contributed by atoms with Gasteiger partial charge in [-0.2, -0.15) is 0 Å². The summed E-state index contributed by atoms with van der Waals surface area (Å²) in [7, 11) is 1.86. The highest BCUT2D eigenvalue weighted by atomic mass is 16.2. The Balaban J connectivity index is 1.96. The van der Waals surface area contributed by atoms with Gasteiger partial charge in [-0.1, -0.05) is 17.7 Å². The maximum Gasteiger partial charge on any atom is 0.227 e. The minimum atomic E-state index is -0.261. The molecule has 1 aliphatic heterocycles. The zero-order chi connectivity index (χ0) is 15.4. The van der Waals surface area contributed by atoms with Gasteiger partial charge in [-0.3, -0.25) is 9.59 Å². The van der Waals surface area contributed by atoms with E-state index < -0.39 is 0 Å². The van der Waals surface area contributed by atoms with Crippen LogP contribution in [0.5, 0.6) is 0 Å². The number of carbonyl (C=O) groups is 2. The third kappa shape index (κ3) is 3.82. The standard InChI is InChI=1S/C16H23N3O2/c1-11-4-6-14(7-5-11)19-10-13(8-15(19)20)16(21)18-9-12(2)17-3/h4-7,12-13,17H,8-10H2,1-3H3,(H,18,21). The predicted molar refractivity (Wildman–Crippen MR) is 83.2 cm³/mol. The Morgan fingerprint density at radius 2 is 2.05 bits per heavy atom. The summed E-state index contributed by atoms with van der Waals surface area (Å²) in [6.07, 6.45) is 0.285. The third-order valence-corrected chi connectivity index (χ3v) is 3.92. The lowest BCUT2D eigenvalue weighted by atomic mass is 10.1. The molecule has 1 heterocycles. The monoisotopic (exact) mass is 289 g/mol. The van der Waals surface area contributed by atoms with Crippen molar-refractivity contribution in [1.82, 2.24) is 10.6 Å². The van der Waals surface area contributed by atoms with Crippen LogP contribution in [0.2, 0.25) is 0 Å². The molecule has 1 aromatic rings. The molecule has 2 N–H and O–H groups in total. The van der Waals surface area contributed by atoms with Gasteiger partial charge in [0.25, 0.3) is 0 Å². The normalized spacial score (nSPS) is 19.7. The van der Waals surface area contributed by atoms with Crippen molar-refractivity contribution in [3.63, 3.8) is 0 Å². The van der Waals surface area contributed by atoms with E-state index in [4.69, 9.17) is 0 Å². The van der Waals surface area contributed by atoms with Crippen molar-refractivity contribution in [3.05, 3.63) is 29.8 Å². The van der Waals surface area contributed by atoms with Gasteiger partial charge in [0, 0.05) is 31.2 Å². The van der Waals surface area contributed by atoms with Crippen LogP contribution in [0, 0.1) is 12.8 Å². The summed E-state index contributed by atoms with van der Waals surface area (Å²) in [5.41, 5.74) is 2.02. The molecule has 1 saturated heterocycles. The van der Waals surface area contributed by atoms with Crippen LogP contribution in [0.3, 0.4) is 0 Å². The molecule has 0 bridgehead atoms. The van der Waals surface area contributed by atoms with Crippen molar-refractivity contribution in [3.8, 4) is 0 Å². The number of rotatable bonds is 5. The zero-order valence-corrected chi connectivity index (χ0v) is 12.8. The lowest BCUT2D eigenvalue weighted by Crippen LogP contribution is -2.40. The third-order valence-electron chi connectivity index (χ3n) is 3.92. The number of likely N-dealkylation sites (N-methyl/N-ethyl adjacent to an activating group) is 1. The number of nitrogens with zero attached hydrogens (tertiary/aromatic N) is 1. The maximum absolute atomic E-state index is 12.1. The van der Waals surface area contributed by atoms with E-state index in [1.165, 1.54) is 0 Å². The van der Waals surface area contributed by atoms with Gasteiger partial charge in [-0.25, -0.2) is 0 Å². The number of amides is 2. The second kappa shape index (κ2) is 6.72. The molecule has 1 aliphatic rings. The molecule has 21 heavy (non-hydrogen) atoms. The lowest BCUT2D eigenvalue weighted by Gasteiger charge is -2.17. The fraction of sp³-hybridized carbons (Fsp3) is 0.500. The van der Waals surface area contributed by atoms with Gasteiger partial charge in [0.2, 0.25) is 11.8 Å². The minimum Gasteiger partial charge on any atom is -0.354 e.